The lowest BCUT2D eigenvalue weighted by Crippen LogP contribution is -2.17. The molecule has 0 spiro atoms. The lowest BCUT2D eigenvalue weighted by Gasteiger charge is -1.99. The lowest BCUT2D eigenvalue weighted by atomic mass is 10.1. The zero-order valence-electron chi connectivity index (χ0n) is 11.7. The Hall–Kier alpha value is -2.74. The van der Waals surface area contributed by atoms with Crippen LogP contribution in [0, 0.1) is 0 Å². The van der Waals surface area contributed by atoms with Crippen LogP contribution in [0.25, 0.3) is 0 Å². The second-order valence-electron chi connectivity index (χ2n) is 4.31. The van der Waals surface area contributed by atoms with E-state index in [1.807, 2.05) is 6.92 Å². The molecular weight excluding hydrogens is 304 g/mol. The molecule has 0 fully saturated rings. The summed E-state index contributed by atoms with van der Waals surface area (Å²) in [7, 11) is 0. The van der Waals surface area contributed by atoms with E-state index in [9.17, 15) is 9.59 Å². The summed E-state index contributed by atoms with van der Waals surface area (Å²) >= 11 is 1.11. The highest BCUT2D eigenvalue weighted by atomic mass is 32.1. The third-order valence-electron chi connectivity index (χ3n) is 2.79. The number of nitrogen functional groups attached to an aromatic ring is 1. The van der Waals surface area contributed by atoms with E-state index < -0.39 is 5.97 Å². The molecule has 114 valence electrons. The summed E-state index contributed by atoms with van der Waals surface area (Å²) in [6.45, 7) is 1.89. The van der Waals surface area contributed by atoms with Gasteiger partial charge in [-0.1, -0.05) is 30.4 Å². The van der Waals surface area contributed by atoms with E-state index in [0.717, 1.165) is 11.3 Å². The number of benzene rings is 1. The predicted octanol–water partition coefficient (Wildman–Crippen LogP) is 1.75. The molecule has 2 rings (SSSR count). The summed E-state index contributed by atoms with van der Waals surface area (Å²) in [6.07, 6.45) is 2.04. The van der Waals surface area contributed by atoms with Gasteiger partial charge in [-0.05, 0) is 24.1 Å². The zero-order chi connectivity index (χ0) is 16.1. The number of aryl methyl sites for hydroxylation is 1. The number of amides is 1. The van der Waals surface area contributed by atoms with Crippen LogP contribution in [0.15, 0.2) is 29.4 Å². The highest BCUT2D eigenvalue weighted by Crippen LogP contribution is 2.20. The number of anilines is 1. The normalized spacial score (nSPS) is 10.8. The van der Waals surface area contributed by atoms with Gasteiger partial charge < -0.3 is 10.8 Å². The number of aromatic nitrogens is 1. The van der Waals surface area contributed by atoms with Crippen LogP contribution in [-0.2, 0) is 6.42 Å². The number of nitrogens with two attached hydrogens (primary N) is 1. The Bertz CT molecular complexity index is 722. The third kappa shape index (κ3) is 3.67. The number of hydrogen-bond donors (Lipinski definition) is 3. The van der Waals surface area contributed by atoms with Crippen molar-refractivity contribution in [2.75, 3.05) is 5.73 Å². The molecular formula is C14H14N4O3S. The van der Waals surface area contributed by atoms with E-state index in [1.165, 1.54) is 18.3 Å². The fraction of sp³-hybridized carbons (Fsp3) is 0.143. The summed E-state index contributed by atoms with van der Waals surface area (Å²) in [6, 6.07) is 6.12. The Kier molecular flexibility index (Phi) is 4.84. The number of thiazole rings is 1. The number of carboxylic acids is 1. The van der Waals surface area contributed by atoms with E-state index in [4.69, 9.17) is 10.8 Å². The van der Waals surface area contributed by atoms with Crippen LogP contribution in [-0.4, -0.2) is 28.2 Å². The number of hydrogen-bond acceptors (Lipinski definition) is 6. The topological polar surface area (TPSA) is 118 Å². The Morgan fingerprint density at radius 1 is 1.41 bits per heavy atom. The fourth-order valence-corrected chi connectivity index (χ4v) is 2.53. The largest absolute Gasteiger partial charge is 0.478 e. The number of aromatic carboxylic acids is 1. The van der Waals surface area contributed by atoms with Crippen LogP contribution in [0.4, 0.5) is 5.13 Å². The van der Waals surface area contributed by atoms with E-state index >= 15 is 0 Å². The third-order valence-corrected chi connectivity index (χ3v) is 3.72. The van der Waals surface area contributed by atoms with Crippen molar-refractivity contribution in [2.45, 2.75) is 13.3 Å². The smallest absolute Gasteiger partial charge is 0.335 e. The molecule has 0 aliphatic heterocycles. The average Bonchev–Trinajstić information content (AvgIpc) is 2.89. The first kappa shape index (κ1) is 15.6. The van der Waals surface area contributed by atoms with Gasteiger partial charge >= 0.3 is 5.97 Å². The standard InChI is InChI=1S/C14H14N4O3S/c1-2-10-11(22-14(15)17-10)12(19)18-16-7-8-3-5-9(6-4-8)13(20)21/h3-7H,2H2,1H3,(H2,15,17)(H,18,19)(H,20,21). The van der Waals surface area contributed by atoms with Gasteiger partial charge in [0.15, 0.2) is 5.13 Å². The highest BCUT2D eigenvalue weighted by molar-refractivity contribution is 7.17. The molecule has 22 heavy (non-hydrogen) atoms. The van der Waals surface area contributed by atoms with Crippen LogP contribution in [0.5, 0.6) is 0 Å². The first-order valence-corrected chi connectivity index (χ1v) is 7.24. The molecule has 0 saturated heterocycles. The fourth-order valence-electron chi connectivity index (χ4n) is 1.72. The van der Waals surface area contributed by atoms with Crippen LogP contribution in [0.2, 0.25) is 0 Å². The number of carboxylic acid groups (broad SMARTS) is 1. The van der Waals surface area contributed by atoms with E-state index in [-0.39, 0.29) is 11.5 Å². The second kappa shape index (κ2) is 6.81. The summed E-state index contributed by atoms with van der Waals surface area (Å²) in [4.78, 5) is 27.2. The molecule has 0 aliphatic rings. The van der Waals surface area contributed by atoms with Gasteiger partial charge in [0.2, 0.25) is 0 Å². The lowest BCUT2D eigenvalue weighted by molar-refractivity contribution is 0.0696. The van der Waals surface area contributed by atoms with Gasteiger partial charge in [0.1, 0.15) is 4.88 Å². The summed E-state index contributed by atoms with van der Waals surface area (Å²) < 4.78 is 0. The van der Waals surface area contributed by atoms with E-state index in [0.29, 0.717) is 27.7 Å². The molecule has 1 amide bonds. The van der Waals surface area contributed by atoms with Crippen molar-refractivity contribution >= 4 is 34.6 Å². The summed E-state index contributed by atoms with van der Waals surface area (Å²) in [5, 5.41) is 13.0. The molecule has 0 bridgehead atoms. The van der Waals surface area contributed by atoms with Crippen molar-refractivity contribution in [3.8, 4) is 0 Å². The molecule has 0 unspecified atom stereocenters. The van der Waals surface area contributed by atoms with Crippen LogP contribution >= 0.6 is 11.3 Å². The summed E-state index contributed by atoms with van der Waals surface area (Å²) in [5.74, 6) is -1.36. The van der Waals surface area contributed by atoms with Gasteiger partial charge in [0.05, 0.1) is 17.5 Å². The van der Waals surface area contributed by atoms with E-state index in [1.54, 1.807) is 12.1 Å². The van der Waals surface area contributed by atoms with Gasteiger partial charge in [-0.25, -0.2) is 15.2 Å². The van der Waals surface area contributed by atoms with Crippen LogP contribution in [0.3, 0.4) is 0 Å². The maximum Gasteiger partial charge on any atom is 0.335 e. The minimum absolute atomic E-state index is 0.189. The molecule has 0 atom stereocenters. The number of nitrogens with zero attached hydrogens (tertiary/aromatic N) is 2. The predicted molar refractivity (Wildman–Crippen MR) is 84.4 cm³/mol. The maximum absolute atomic E-state index is 12.0. The van der Waals surface area contributed by atoms with Gasteiger partial charge in [0, 0.05) is 0 Å². The highest BCUT2D eigenvalue weighted by Gasteiger charge is 2.15. The van der Waals surface area contributed by atoms with Crippen LogP contribution in [0.1, 0.15) is 38.2 Å². The Morgan fingerprint density at radius 2 is 2.09 bits per heavy atom. The molecule has 0 saturated carbocycles. The number of carbonyl (C=O) groups excluding carboxylic acids is 1. The van der Waals surface area contributed by atoms with Crippen molar-refractivity contribution in [2.24, 2.45) is 5.10 Å². The first-order chi connectivity index (χ1) is 10.5. The van der Waals surface area contributed by atoms with Crippen molar-refractivity contribution in [1.82, 2.24) is 10.4 Å². The number of rotatable bonds is 5. The van der Waals surface area contributed by atoms with E-state index in [2.05, 4.69) is 15.5 Å². The van der Waals surface area contributed by atoms with Crippen molar-refractivity contribution in [3.63, 3.8) is 0 Å². The number of carbonyl (C=O) groups is 2. The van der Waals surface area contributed by atoms with Gasteiger partial charge in [0.25, 0.3) is 5.91 Å². The molecule has 8 heteroatoms. The Morgan fingerprint density at radius 3 is 2.68 bits per heavy atom. The number of hydrazone groups is 1. The molecule has 1 heterocycles. The monoisotopic (exact) mass is 318 g/mol. The first-order valence-electron chi connectivity index (χ1n) is 6.43. The molecule has 7 nitrogen and oxygen atoms in total. The van der Waals surface area contributed by atoms with Gasteiger partial charge in [-0.2, -0.15) is 5.10 Å². The molecule has 1 aromatic heterocycles. The zero-order valence-corrected chi connectivity index (χ0v) is 12.6. The van der Waals surface area contributed by atoms with Crippen molar-refractivity contribution in [1.29, 1.82) is 0 Å². The quantitative estimate of drug-likeness (QED) is 0.573. The van der Waals surface area contributed by atoms with Crippen LogP contribution < -0.4 is 11.2 Å². The van der Waals surface area contributed by atoms with Gasteiger partial charge in [-0.3, -0.25) is 4.79 Å². The second-order valence-corrected chi connectivity index (χ2v) is 5.34. The average molecular weight is 318 g/mol. The SMILES string of the molecule is CCc1nc(N)sc1C(=O)NN=Cc1ccc(C(=O)O)cc1. The number of nitrogens with one attached hydrogen (secondary N) is 1. The Balaban J connectivity index is 2.02. The minimum Gasteiger partial charge on any atom is -0.478 e. The van der Waals surface area contributed by atoms with Crippen molar-refractivity contribution in [3.05, 3.63) is 46.0 Å². The minimum atomic E-state index is -0.994. The molecule has 2 aromatic rings. The molecule has 1 aromatic carbocycles. The Labute approximate surface area is 130 Å². The molecule has 4 N–H and O–H groups in total. The summed E-state index contributed by atoms with van der Waals surface area (Å²) in [5.41, 5.74) is 9.49. The molecule has 0 radical (unpaired) electrons. The molecule has 0 aliphatic carbocycles. The van der Waals surface area contributed by atoms with Gasteiger partial charge in [-0.15, -0.1) is 0 Å². The maximum atomic E-state index is 12.0. The van der Waals surface area contributed by atoms with Crippen molar-refractivity contribution < 1.29 is 14.7 Å².